The van der Waals surface area contributed by atoms with Crippen LogP contribution in [-0.4, -0.2) is 15.8 Å². The van der Waals surface area contributed by atoms with E-state index in [1.807, 2.05) is 35.7 Å². The summed E-state index contributed by atoms with van der Waals surface area (Å²) in [6.07, 6.45) is 4.51. The predicted octanol–water partition coefficient (Wildman–Crippen LogP) is 3.79. The maximum Gasteiger partial charge on any atom is 0.208 e. The van der Waals surface area contributed by atoms with Gasteiger partial charge < -0.3 is 5.73 Å². The van der Waals surface area contributed by atoms with Gasteiger partial charge in [-0.1, -0.05) is 23.7 Å². The fourth-order valence-electron chi connectivity index (χ4n) is 2.25. The lowest BCUT2D eigenvalue weighted by molar-refractivity contribution is 0.104. The summed E-state index contributed by atoms with van der Waals surface area (Å²) >= 11 is 7.40. The molecular formula is C17H14ClN3OS. The second kappa shape index (κ2) is 6.89. The highest BCUT2D eigenvalue weighted by atomic mass is 35.5. The van der Waals surface area contributed by atoms with E-state index in [0.29, 0.717) is 10.4 Å². The second-order valence-electron chi connectivity index (χ2n) is 5.10. The van der Waals surface area contributed by atoms with Gasteiger partial charge in [-0.15, -0.1) is 11.3 Å². The lowest BCUT2D eigenvalue weighted by atomic mass is 10.1. The number of carbonyl (C=O) groups excluding carboxylic acids is 1. The molecule has 116 valence electrons. The first-order chi connectivity index (χ1) is 11.1. The van der Waals surface area contributed by atoms with E-state index in [4.69, 9.17) is 17.3 Å². The van der Waals surface area contributed by atoms with Crippen LogP contribution in [0, 0.1) is 0 Å². The molecule has 1 aromatic carbocycles. The van der Waals surface area contributed by atoms with Gasteiger partial charge in [0.2, 0.25) is 5.78 Å². The van der Waals surface area contributed by atoms with Crippen molar-refractivity contribution in [3.05, 3.63) is 74.8 Å². The largest absolute Gasteiger partial charge is 0.383 e. The quantitative estimate of drug-likeness (QED) is 0.715. The molecule has 4 nitrogen and oxygen atoms in total. The number of nitrogens with two attached hydrogens (primary N) is 1. The minimum Gasteiger partial charge on any atom is -0.383 e. The third kappa shape index (κ3) is 3.75. The van der Waals surface area contributed by atoms with Crippen LogP contribution < -0.4 is 5.73 Å². The number of benzene rings is 1. The zero-order valence-electron chi connectivity index (χ0n) is 12.2. The Balaban J connectivity index is 1.71. The van der Waals surface area contributed by atoms with Crippen LogP contribution in [0.15, 0.2) is 48.2 Å². The Labute approximate surface area is 143 Å². The van der Waals surface area contributed by atoms with E-state index in [9.17, 15) is 4.79 Å². The van der Waals surface area contributed by atoms with E-state index in [1.165, 1.54) is 29.4 Å². The molecule has 0 atom stereocenters. The van der Waals surface area contributed by atoms with E-state index in [0.717, 1.165) is 23.4 Å². The summed E-state index contributed by atoms with van der Waals surface area (Å²) in [6, 6.07) is 9.72. The predicted molar refractivity (Wildman–Crippen MR) is 93.1 cm³/mol. The summed E-state index contributed by atoms with van der Waals surface area (Å²) in [5, 5.41) is 2.74. The number of aromatic nitrogens is 2. The SMILES string of the molecule is Nc1ncncc1C(=O)c1cc(CCc2cccc(Cl)c2)cs1. The van der Waals surface area contributed by atoms with Crippen molar-refractivity contribution in [1.82, 2.24) is 9.97 Å². The Morgan fingerprint density at radius 1 is 1.22 bits per heavy atom. The normalized spacial score (nSPS) is 10.7. The average molecular weight is 344 g/mol. The van der Waals surface area contributed by atoms with E-state index < -0.39 is 0 Å². The van der Waals surface area contributed by atoms with Crippen molar-refractivity contribution in [2.75, 3.05) is 5.73 Å². The zero-order valence-corrected chi connectivity index (χ0v) is 13.8. The van der Waals surface area contributed by atoms with Crippen LogP contribution >= 0.6 is 22.9 Å². The van der Waals surface area contributed by atoms with Crippen molar-refractivity contribution in [3.63, 3.8) is 0 Å². The van der Waals surface area contributed by atoms with Crippen LogP contribution in [0.2, 0.25) is 5.02 Å². The molecule has 0 amide bonds. The van der Waals surface area contributed by atoms with Crippen molar-refractivity contribution < 1.29 is 4.79 Å². The summed E-state index contributed by atoms with van der Waals surface area (Å²) in [5.41, 5.74) is 8.38. The number of hydrogen-bond donors (Lipinski definition) is 1. The van der Waals surface area contributed by atoms with Crippen LogP contribution in [0.1, 0.15) is 26.4 Å². The van der Waals surface area contributed by atoms with Gasteiger partial charge in [-0.05, 0) is 47.5 Å². The van der Waals surface area contributed by atoms with Gasteiger partial charge in [0.15, 0.2) is 0 Å². The number of carbonyl (C=O) groups is 1. The standard InChI is InChI=1S/C17H14ClN3OS/c18-13-3-1-2-11(6-13)4-5-12-7-15(23-9-12)16(22)14-8-20-10-21-17(14)19/h1-3,6-10H,4-5H2,(H2,19,20,21). The summed E-state index contributed by atoms with van der Waals surface area (Å²) < 4.78 is 0. The van der Waals surface area contributed by atoms with Gasteiger partial charge in [-0.3, -0.25) is 4.79 Å². The molecule has 0 unspecified atom stereocenters. The number of aryl methyl sites for hydroxylation is 2. The van der Waals surface area contributed by atoms with Gasteiger partial charge in [0.25, 0.3) is 0 Å². The number of anilines is 1. The summed E-state index contributed by atoms with van der Waals surface area (Å²) in [5.74, 6) is 0.0704. The summed E-state index contributed by atoms with van der Waals surface area (Å²) in [6.45, 7) is 0. The van der Waals surface area contributed by atoms with E-state index in [-0.39, 0.29) is 11.6 Å². The number of thiophene rings is 1. The van der Waals surface area contributed by atoms with Gasteiger partial charge in [0, 0.05) is 11.2 Å². The van der Waals surface area contributed by atoms with E-state index in [2.05, 4.69) is 9.97 Å². The molecule has 0 bridgehead atoms. The van der Waals surface area contributed by atoms with Gasteiger partial charge in [0.05, 0.1) is 10.4 Å². The Hall–Kier alpha value is -2.24. The maximum atomic E-state index is 12.4. The molecule has 6 heteroatoms. The van der Waals surface area contributed by atoms with Gasteiger partial charge >= 0.3 is 0 Å². The first-order valence-electron chi connectivity index (χ1n) is 7.05. The van der Waals surface area contributed by atoms with Gasteiger partial charge in [-0.25, -0.2) is 9.97 Å². The van der Waals surface area contributed by atoms with Crippen LogP contribution in [0.25, 0.3) is 0 Å². The molecule has 0 spiro atoms. The first-order valence-corrected chi connectivity index (χ1v) is 8.31. The molecule has 2 aromatic heterocycles. The molecule has 0 aliphatic heterocycles. The Kier molecular flexibility index (Phi) is 4.69. The molecule has 0 radical (unpaired) electrons. The molecule has 2 heterocycles. The zero-order chi connectivity index (χ0) is 16.2. The van der Waals surface area contributed by atoms with Crippen molar-refractivity contribution in [2.24, 2.45) is 0 Å². The van der Waals surface area contributed by atoms with Crippen LogP contribution in [0.3, 0.4) is 0 Å². The number of halogens is 1. The number of ketones is 1. The summed E-state index contributed by atoms with van der Waals surface area (Å²) in [4.78, 5) is 20.8. The van der Waals surface area contributed by atoms with Crippen molar-refractivity contribution in [1.29, 1.82) is 0 Å². The smallest absolute Gasteiger partial charge is 0.208 e. The van der Waals surface area contributed by atoms with Crippen LogP contribution in [0.5, 0.6) is 0 Å². The molecule has 3 aromatic rings. The number of nitrogens with zero attached hydrogens (tertiary/aromatic N) is 2. The fraction of sp³-hybridized carbons (Fsp3) is 0.118. The molecule has 2 N–H and O–H groups in total. The number of hydrogen-bond acceptors (Lipinski definition) is 5. The lowest BCUT2D eigenvalue weighted by Gasteiger charge is -2.01. The second-order valence-corrected chi connectivity index (χ2v) is 6.45. The first kappa shape index (κ1) is 15.6. The molecule has 3 rings (SSSR count). The van der Waals surface area contributed by atoms with Crippen LogP contribution in [0.4, 0.5) is 5.82 Å². The average Bonchev–Trinajstić information content (AvgIpc) is 3.02. The highest BCUT2D eigenvalue weighted by molar-refractivity contribution is 7.12. The molecule has 0 aliphatic carbocycles. The van der Waals surface area contributed by atoms with Gasteiger partial charge in [-0.2, -0.15) is 0 Å². The molecule has 0 saturated carbocycles. The van der Waals surface area contributed by atoms with E-state index in [1.54, 1.807) is 0 Å². The Morgan fingerprint density at radius 2 is 2.04 bits per heavy atom. The van der Waals surface area contributed by atoms with Crippen LogP contribution in [-0.2, 0) is 12.8 Å². The third-order valence-electron chi connectivity index (χ3n) is 3.46. The third-order valence-corrected chi connectivity index (χ3v) is 4.67. The fourth-order valence-corrected chi connectivity index (χ4v) is 3.37. The highest BCUT2D eigenvalue weighted by Crippen LogP contribution is 2.22. The molecule has 0 saturated heterocycles. The van der Waals surface area contributed by atoms with Crippen molar-refractivity contribution in [3.8, 4) is 0 Å². The molecule has 0 fully saturated rings. The number of nitrogen functional groups attached to an aromatic ring is 1. The van der Waals surface area contributed by atoms with Gasteiger partial charge in [0.1, 0.15) is 12.1 Å². The minimum atomic E-state index is -0.137. The summed E-state index contributed by atoms with van der Waals surface area (Å²) in [7, 11) is 0. The molecular weight excluding hydrogens is 330 g/mol. The minimum absolute atomic E-state index is 0.137. The van der Waals surface area contributed by atoms with E-state index >= 15 is 0 Å². The lowest BCUT2D eigenvalue weighted by Crippen LogP contribution is -2.06. The topological polar surface area (TPSA) is 68.9 Å². The Morgan fingerprint density at radius 3 is 2.83 bits per heavy atom. The van der Waals surface area contributed by atoms with Crippen molar-refractivity contribution in [2.45, 2.75) is 12.8 Å². The Bertz CT molecular complexity index is 847. The maximum absolute atomic E-state index is 12.4. The molecule has 23 heavy (non-hydrogen) atoms. The number of rotatable bonds is 5. The molecule has 0 aliphatic rings. The van der Waals surface area contributed by atoms with Crippen molar-refractivity contribution >= 4 is 34.5 Å². The highest BCUT2D eigenvalue weighted by Gasteiger charge is 2.15. The monoisotopic (exact) mass is 343 g/mol.